The number of anilines is 1. The average molecular weight is 370 g/mol. The second-order valence-corrected chi connectivity index (χ2v) is 5.04. The average Bonchev–Trinajstić information content (AvgIpc) is 2.87. The number of urea groups is 1. The smallest absolute Gasteiger partial charge is 0.362 e. The van der Waals surface area contributed by atoms with E-state index in [0.29, 0.717) is 0 Å². The van der Waals surface area contributed by atoms with Crippen molar-refractivity contribution in [2.24, 2.45) is 0 Å². The summed E-state index contributed by atoms with van der Waals surface area (Å²) in [7, 11) is 0. The number of nitrogens with one attached hydrogen (secondary N) is 2. The van der Waals surface area contributed by atoms with Crippen molar-refractivity contribution in [1.29, 1.82) is 0 Å². The number of esters is 1. The molecule has 1 aromatic carbocycles. The summed E-state index contributed by atoms with van der Waals surface area (Å²) in [4.78, 5) is 39.4. The van der Waals surface area contributed by atoms with Gasteiger partial charge in [-0.25, -0.2) is 19.0 Å². The molecule has 0 aliphatic heterocycles. The highest BCUT2D eigenvalue weighted by Crippen LogP contribution is 2.20. The van der Waals surface area contributed by atoms with Crippen LogP contribution in [0.15, 0.2) is 22.6 Å². The lowest BCUT2D eigenvalue weighted by Crippen LogP contribution is -2.35. The molecule has 2 N–H and O–H groups in total. The molecule has 2 aromatic rings. The normalized spacial score (nSPS) is 10.2. The number of halogens is 2. The largest absolute Gasteiger partial charge is 0.461 e. The number of aromatic nitrogens is 1. The predicted octanol–water partition coefficient (Wildman–Crippen LogP) is 2.91. The summed E-state index contributed by atoms with van der Waals surface area (Å²) in [6.07, 6.45) is 0. The van der Waals surface area contributed by atoms with E-state index in [1.54, 1.807) is 6.92 Å². The van der Waals surface area contributed by atoms with E-state index in [1.165, 1.54) is 19.1 Å². The summed E-state index contributed by atoms with van der Waals surface area (Å²) in [5.41, 5.74) is -0.746. The summed E-state index contributed by atoms with van der Waals surface area (Å²) >= 11 is 5.75. The Morgan fingerprint density at radius 2 is 2.08 bits per heavy atom. The maximum atomic E-state index is 13.7. The van der Waals surface area contributed by atoms with Gasteiger partial charge in [0.05, 0.1) is 17.2 Å². The first-order chi connectivity index (χ1) is 11.8. The molecule has 0 bridgehead atoms. The summed E-state index contributed by atoms with van der Waals surface area (Å²) < 4.78 is 23.5. The number of benzene rings is 1. The Kier molecular flexibility index (Phi) is 5.71. The molecule has 0 radical (unpaired) electrons. The van der Waals surface area contributed by atoms with Gasteiger partial charge in [-0.1, -0.05) is 17.7 Å². The van der Waals surface area contributed by atoms with Crippen LogP contribution in [0.3, 0.4) is 0 Å². The molecule has 0 atom stereocenters. The molecule has 0 fully saturated rings. The standard InChI is InChI=1S/C15H13ClFN3O5/c1-3-24-14(22)11-13(25-7(2)18-11)20-15(23)19-12(21)10-8(16)5-4-6-9(10)17/h4-6H,3H2,1-2H3,(H2,19,20,21,23). The fourth-order valence-electron chi connectivity index (χ4n) is 1.86. The van der Waals surface area contributed by atoms with Crippen LogP contribution in [0, 0.1) is 12.7 Å². The summed E-state index contributed by atoms with van der Waals surface area (Å²) in [5, 5.41) is 3.87. The van der Waals surface area contributed by atoms with Crippen LogP contribution in [0.2, 0.25) is 5.02 Å². The molecule has 10 heteroatoms. The van der Waals surface area contributed by atoms with E-state index in [1.807, 2.05) is 5.32 Å². The molecular formula is C15H13ClFN3O5. The minimum atomic E-state index is -1.06. The van der Waals surface area contributed by atoms with E-state index in [-0.39, 0.29) is 29.1 Å². The number of carbonyl (C=O) groups excluding carboxylic acids is 3. The Hall–Kier alpha value is -2.94. The van der Waals surface area contributed by atoms with Gasteiger partial charge in [0.25, 0.3) is 5.91 Å². The molecule has 25 heavy (non-hydrogen) atoms. The summed E-state index contributed by atoms with van der Waals surface area (Å²) in [5.74, 6) is -2.96. The van der Waals surface area contributed by atoms with E-state index < -0.39 is 29.3 Å². The number of rotatable bonds is 4. The molecule has 0 unspecified atom stereocenters. The van der Waals surface area contributed by atoms with Crippen LogP contribution in [0.4, 0.5) is 15.1 Å². The van der Waals surface area contributed by atoms with Crippen molar-refractivity contribution >= 4 is 35.4 Å². The van der Waals surface area contributed by atoms with E-state index in [9.17, 15) is 18.8 Å². The Morgan fingerprint density at radius 3 is 2.72 bits per heavy atom. The quantitative estimate of drug-likeness (QED) is 0.802. The van der Waals surface area contributed by atoms with Gasteiger partial charge in [0.1, 0.15) is 5.82 Å². The molecule has 1 heterocycles. The van der Waals surface area contributed by atoms with Gasteiger partial charge in [-0.15, -0.1) is 0 Å². The minimum Gasteiger partial charge on any atom is -0.461 e. The molecule has 2 rings (SSSR count). The van der Waals surface area contributed by atoms with Crippen molar-refractivity contribution in [3.05, 3.63) is 46.2 Å². The molecule has 8 nitrogen and oxygen atoms in total. The molecular weight excluding hydrogens is 357 g/mol. The van der Waals surface area contributed by atoms with Gasteiger partial charge in [-0.3, -0.25) is 15.4 Å². The molecule has 0 saturated heterocycles. The van der Waals surface area contributed by atoms with Gasteiger partial charge in [0, 0.05) is 6.92 Å². The maximum Gasteiger partial charge on any atom is 0.362 e. The molecule has 132 valence electrons. The Labute approximate surface area is 146 Å². The zero-order valence-corrected chi connectivity index (χ0v) is 13.9. The van der Waals surface area contributed by atoms with Crippen molar-refractivity contribution in [2.45, 2.75) is 13.8 Å². The van der Waals surface area contributed by atoms with Crippen LogP contribution >= 0.6 is 11.6 Å². The van der Waals surface area contributed by atoms with Crippen molar-refractivity contribution in [1.82, 2.24) is 10.3 Å². The topological polar surface area (TPSA) is 111 Å². The van der Waals surface area contributed by atoms with Crippen LogP contribution in [-0.4, -0.2) is 29.5 Å². The number of amides is 3. The zero-order valence-electron chi connectivity index (χ0n) is 13.2. The highest BCUT2D eigenvalue weighted by Gasteiger charge is 2.23. The molecule has 0 aliphatic carbocycles. The monoisotopic (exact) mass is 369 g/mol. The second-order valence-electron chi connectivity index (χ2n) is 4.64. The van der Waals surface area contributed by atoms with Gasteiger partial charge in [-0.05, 0) is 19.1 Å². The third-order valence-electron chi connectivity index (χ3n) is 2.85. The minimum absolute atomic E-state index is 0.0979. The lowest BCUT2D eigenvalue weighted by atomic mass is 10.2. The third-order valence-corrected chi connectivity index (χ3v) is 3.16. The molecule has 3 amide bonds. The van der Waals surface area contributed by atoms with Gasteiger partial charge in [0.15, 0.2) is 5.89 Å². The first-order valence-electron chi connectivity index (χ1n) is 7.04. The summed E-state index contributed by atoms with van der Waals surface area (Å²) in [6.45, 7) is 3.15. The van der Waals surface area contributed by atoms with Crippen molar-refractivity contribution in [3.63, 3.8) is 0 Å². The van der Waals surface area contributed by atoms with Gasteiger partial charge in [0.2, 0.25) is 11.6 Å². The number of oxazole rings is 1. The highest BCUT2D eigenvalue weighted by atomic mass is 35.5. The molecule has 0 aliphatic rings. The number of nitrogens with zero attached hydrogens (tertiary/aromatic N) is 1. The zero-order chi connectivity index (χ0) is 18.6. The number of carbonyl (C=O) groups is 3. The van der Waals surface area contributed by atoms with Crippen LogP contribution in [0.5, 0.6) is 0 Å². The van der Waals surface area contributed by atoms with Crippen LogP contribution in [0.1, 0.15) is 33.7 Å². The fraction of sp³-hybridized carbons (Fsp3) is 0.200. The molecule has 0 saturated carbocycles. The van der Waals surface area contributed by atoms with Crippen molar-refractivity contribution in [2.75, 3.05) is 11.9 Å². The van der Waals surface area contributed by atoms with Crippen molar-refractivity contribution in [3.8, 4) is 0 Å². The number of imide groups is 1. The first kappa shape index (κ1) is 18.4. The van der Waals surface area contributed by atoms with E-state index in [4.69, 9.17) is 20.8 Å². The lowest BCUT2D eigenvalue weighted by Gasteiger charge is -2.07. The Morgan fingerprint density at radius 1 is 1.36 bits per heavy atom. The third kappa shape index (κ3) is 4.32. The fourth-order valence-corrected chi connectivity index (χ4v) is 2.11. The lowest BCUT2D eigenvalue weighted by molar-refractivity contribution is 0.0521. The van der Waals surface area contributed by atoms with Crippen LogP contribution in [0.25, 0.3) is 0 Å². The van der Waals surface area contributed by atoms with Crippen LogP contribution < -0.4 is 10.6 Å². The molecule has 1 aromatic heterocycles. The van der Waals surface area contributed by atoms with Gasteiger partial charge >= 0.3 is 12.0 Å². The summed E-state index contributed by atoms with van der Waals surface area (Å²) in [6, 6.07) is 2.58. The second kappa shape index (κ2) is 7.75. The maximum absolute atomic E-state index is 13.7. The van der Waals surface area contributed by atoms with E-state index >= 15 is 0 Å². The number of ether oxygens (including phenoxy) is 1. The van der Waals surface area contributed by atoms with Crippen LogP contribution in [-0.2, 0) is 4.74 Å². The van der Waals surface area contributed by atoms with Gasteiger partial charge < -0.3 is 9.15 Å². The van der Waals surface area contributed by atoms with E-state index in [2.05, 4.69) is 10.3 Å². The van der Waals surface area contributed by atoms with E-state index in [0.717, 1.165) is 6.07 Å². The SMILES string of the molecule is CCOC(=O)c1nc(C)oc1NC(=O)NC(=O)c1c(F)cccc1Cl. The molecule has 0 spiro atoms. The van der Waals surface area contributed by atoms with Crippen molar-refractivity contribution < 1.29 is 27.9 Å². The Balaban J connectivity index is 2.13. The Bertz CT molecular complexity index is 816. The number of aryl methyl sites for hydroxylation is 1. The number of hydrogen-bond acceptors (Lipinski definition) is 6. The predicted molar refractivity (Wildman–Crippen MR) is 85.1 cm³/mol. The van der Waals surface area contributed by atoms with Gasteiger partial charge in [-0.2, -0.15) is 0 Å². The number of hydrogen-bond donors (Lipinski definition) is 2. The first-order valence-corrected chi connectivity index (χ1v) is 7.42. The highest BCUT2D eigenvalue weighted by molar-refractivity contribution is 6.34.